The first-order valence-corrected chi connectivity index (χ1v) is 9.11. The van der Waals surface area contributed by atoms with E-state index in [0.29, 0.717) is 5.69 Å². The van der Waals surface area contributed by atoms with Crippen LogP contribution in [-0.2, 0) is 9.59 Å². The van der Waals surface area contributed by atoms with Crippen molar-refractivity contribution >= 4 is 23.2 Å². The summed E-state index contributed by atoms with van der Waals surface area (Å²) >= 11 is 0. The molecule has 2 aromatic rings. The lowest BCUT2D eigenvalue weighted by molar-refractivity contribution is -0.123. The number of anilines is 2. The van der Waals surface area contributed by atoms with Crippen molar-refractivity contribution in [1.82, 2.24) is 4.90 Å². The van der Waals surface area contributed by atoms with Crippen LogP contribution in [0.3, 0.4) is 0 Å². The van der Waals surface area contributed by atoms with Crippen LogP contribution in [0, 0.1) is 6.92 Å². The predicted molar refractivity (Wildman–Crippen MR) is 102 cm³/mol. The van der Waals surface area contributed by atoms with Crippen molar-refractivity contribution in [1.29, 1.82) is 0 Å². The zero-order valence-corrected chi connectivity index (χ0v) is 15.0. The van der Waals surface area contributed by atoms with Crippen LogP contribution in [0.5, 0.6) is 0 Å². The van der Waals surface area contributed by atoms with E-state index in [4.69, 9.17) is 0 Å². The minimum atomic E-state index is -0.332. The van der Waals surface area contributed by atoms with Crippen LogP contribution in [0.1, 0.15) is 12.0 Å². The van der Waals surface area contributed by atoms with Gasteiger partial charge in [0.15, 0.2) is 0 Å². The molecule has 2 aliphatic rings. The molecule has 0 unspecified atom stereocenters. The number of imide groups is 1. The molecule has 5 heteroatoms. The second kappa shape index (κ2) is 6.92. The highest BCUT2D eigenvalue weighted by atomic mass is 16.2. The third-order valence-corrected chi connectivity index (χ3v) is 5.29. The Kier molecular flexibility index (Phi) is 4.47. The lowest BCUT2D eigenvalue weighted by atomic mass is 10.1. The normalized spacial score (nSPS) is 21.5. The Morgan fingerprint density at radius 3 is 2.12 bits per heavy atom. The summed E-state index contributed by atoms with van der Waals surface area (Å²) in [6.45, 7) is 5.31. The Morgan fingerprint density at radius 2 is 1.46 bits per heavy atom. The minimum Gasteiger partial charge on any atom is -0.369 e. The van der Waals surface area contributed by atoms with E-state index in [1.165, 1.54) is 10.6 Å². The number of piperazine rings is 1. The predicted octanol–water partition coefficient (Wildman–Crippen LogP) is 2.45. The first-order chi connectivity index (χ1) is 12.6. The van der Waals surface area contributed by atoms with Crippen LogP contribution in [0.4, 0.5) is 11.4 Å². The van der Waals surface area contributed by atoms with Crippen molar-refractivity contribution in [3.63, 3.8) is 0 Å². The number of hydrogen-bond acceptors (Lipinski definition) is 4. The zero-order chi connectivity index (χ0) is 18.1. The molecule has 2 heterocycles. The number of rotatable bonds is 3. The second-order valence-electron chi connectivity index (χ2n) is 6.98. The van der Waals surface area contributed by atoms with Crippen molar-refractivity contribution in [3.05, 3.63) is 60.2 Å². The van der Waals surface area contributed by atoms with Crippen LogP contribution in [-0.4, -0.2) is 48.9 Å². The number of amides is 2. The highest BCUT2D eigenvalue weighted by molar-refractivity contribution is 6.22. The van der Waals surface area contributed by atoms with Gasteiger partial charge >= 0.3 is 0 Å². The van der Waals surface area contributed by atoms with Gasteiger partial charge in [-0.15, -0.1) is 0 Å². The van der Waals surface area contributed by atoms with Gasteiger partial charge in [0, 0.05) is 31.9 Å². The third-order valence-electron chi connectivity index (χ3n) is 5.29. The number of carbonyl (C=O) groups is 2. The van der Waals surface area contributed by atoms with Crippen molar-refractivity contribution in [2.45, 2.75) is 19.4 Å². The third kappa shape index (κ3) is 3.10. The molecule has 0 aromatic heterocycles. The maximum atomic E-state index is 12.9. The molecule has 0 N–H and O–H groups in total. The smallest absolute Gasteiger partial charge is 0.251 e. The SMILES string of the molecule is Cc1ccc(N2C(=O)C[C@H](N3CCN(c4ccccc4)CC3)C2=O)cc1. The molecule has 2 aliphatic heterocycles. The van der Waals surface area contributed by atoms with Crippen molar-refractivity contribution < 1.29 is 9.59 Å². The summed E-state index contributed by atoms with van der Waals surface area (Å²) in [6, 6.07) is 17.5. The van der Waals surface area contributed by atoms with Crippen LogP contribution >= 0.6 is 0 Å². The molecule has 2 saturated heterocycles. The summed E-state index contributed by atoms with van der Waals surface area (Å²) in [6.07, 6.45) is 0.276. The van der Waals surface area contributed by atoms with E-state index in [-0.39, 0.29) is 24.3 Å². The summed E-state index contributed by atoms with van der Waals surface area (Å²) in [5.74, 6) is -0.193. The fraction of sp³-hybridized carbons (Fsp3) is 0.333. The molecule has 2 aromatic carbocycles. The van der Waals surface area contributed by atoms with E-state index in [2.05, 4.69) is 21.9 Å². The van der Waals surface area contributed by atoms with Crippen LogP contribution in [0.25, 0.3) is 0 Å². The van der Waals surface area contributed by atoms with Gasteiger partial charge in [0.2, 0.25) is 5.91 Å². The van der Waals surface area contributed by atoms with Crippen molar-refractivity contribution in [2.24, 2.45) is 0 Å². The molecular formula is C21H23N3O2. The Morgan fingerprint density at radius 1 is 0.808 bits per heavy atom. The molecule has 1 atom stereocenters. The Hall–Kier alpha value is -2.66. The van der Waals surface area contributed by atoms with E-state index in [1.54, 1.807) is 0 Å². The first kappa shape index (κ1) is 16.8. The fourth-order valence-electron chi connectivity index (χ4n) is 3.80. The topological polar surface area (TPSA) is 43.9 Å². The average molecular weight is 349 g/mol. The number of nitrogens with zero attached hydrogens (tertiary/aromatic N) is 3. The average Bonchev–Trinajstić information content (AvgIpc) is 2.98. The standard InChI is InChI=1S/C21H23N3O2/c1-16-7-9-18(10-8-16)24-20(25)15-19(21(24)26)23-13-11-22(12-14-23)17-5-3-2-4-6-17/h2-10,19H,11-15H2,1H3/t19-/m0/s1. The molecule has 4 rings (SSSR count). The van der Waals surface area contributed by atoms with E-state index >= 15 is 0 Å². The van der Waals surface area contributed by atoms with Gasteiger partial charge in [0.1, 0.15) is 0 Å². The maximum Gasteiger partial charge on any atom is 0.251 e. The summed E-state index contributed by atoms with van der Waals surface area (Å²) in [7, 11) is 0. The molecule has 2 fully saturated rings. The number of aryl methyl sites for hydroxylation is 1. The summed E-state index contributed by atoms with van der Waals surface area (Å²) in [5, 5.41) is 0. The summed E-state index contributed by atoms with van der Waals surface area (Å²) in [5.41, 5.74) is 3.00. The lowest BCUT2D eigenvalue weighted by Crippen LogP contribution is -2.52. The Labute approximate surface area is 153 Å². The Bertz CT molecular complexity index is 796. The molecule has 0 radical (unpaired) electrons. The van der Waals surface area contributed by atoms with E-state index in [9.17, 15) is 9.59 Å². The van der Waals surface area contributed by atoms with Gasteiger partial charge in [-0.2, -0.15) is 0 Å². The molecule has 0 saturated carbocycles. The van der Waals surface area contributed by atoms with Gasteiger partial charge in [0.25, 0.3) is 5.91 Å². The second-order valence-corrected chi connectivity index (χ2v) is 6.98. The first-order valence-electron chi connectivity index (χ1n) is 9.11. The van der Waals surface area contributed by atoms with Gasteiger partial charge in [0.05, 0.1) is 18.2 Å². The number of benzene rings is 2. The number of carbonyl (C=O) groups excluding carboxylic acids is 2. The van der Waals surface area contributed by atoms with E-state index in [1.807, 2.05) is 49.4 Å². The largest absolute Gasteiger partial charge is 0.369 e. The number of hydrogen-bond donors (Lipinski definition) is 0. The van der Waals surface area contributed by atoms with Crippen LogP contribution in [0.2, 0.25) is 0 Å². The molecule has 134 valence electrons. The molecular weight excluding hydrogens is 326 g/mol. The van der Waals surface area contributed by atoms with Gasteiger partial charge in [-0.05, 0) is 31.2 Å². The highest BCUT2D eigenvalue weighted by Gasteiger charge is 2.43. The van der Waals surface area contributed by atoms with Crippen molar-refractivity contribution in [2.75, 3.05) is 36.0 Å². The monoisotopic (exact) mass is 349 g/mol. The molecule has 0 spiro atoms. The molecule has 26 heavy (non-hydrogen) atoms. The van der Waals surface area contributed by atoms with Gasteiger partial charge in [-0.1, -0.05) is 35.9 Å². The molecule has 0 aliphatic carbocycles. The van der Waals surface area contributed by atoms with E-state index < -0.39 is 0 Å². The van der Waals surface area contributed by atoms with E-state index in [0.717, 1.165) is 31.7 Å². The van der Waals surface area contributed by atoms with Crippen molar-refractivity contribution in [3.8, 4) is 0 Å². The van der Waals surface area contributed by atoms with Gasteiger partial charge in [-0.3, -0.25) is 14.5 Å². The molecule has 5 nitrogen and oxygen atoms in total. The highest BCUT2D eigenvalue weighted by Crippen LogP contribution is 2.27. The minimum absolute atomic E-state index is 0.0907. The Balaban J connectivity index is 1.44. The summed E-state index contributed by atoms with van der Waals surface area (Å²) < 4.78 is 0. The van der Waals surface area contributed by atoms with Crippen LogP contribution < -0.4 is 9.80 Å². The summed E-state index contributed by atoms with van der Waals surface area (Å²) in [4.78, 5) is 31.2. The quantitative estimate of drug-likeness (QED) is 0.799. The molecule has 2 amide bonds. The zero-order valence-electron chi connectivity index (χ0n) is 15.0. The maximum absolute atomic E-state index is 12.9. The number of para-hydroxylation sites is 1. The fourth-order valence-corrected chi connectivity index (χ4v) is 3.80. The van der Waals surface area contributed by atoms with Crippen LogP contribution in [0.15, 0.2) is 54.6 Å². The van der Waals surface area contributed by atoms with Gasteiger partial charge < -0.3 is 4.90 Å². The molecule has 0 bridgehead atoms. The van der Waals surface area contributed by atoms with Gasteiger partial charge in [-0.25, -0.2) is 4.90 Å². The lowest BCUT2D eigenvalue weighted by Gasteiger charge is -2.38.